The molecule has 2 N–H and O–H groups in total. The summed E-state index contributed by atoms with van der Waals surface area (Å²) in [5, 5.41) is 4.90. The van der Waals surface area contributed by atoms with Crippen LogP contribution in [0.5, 0.6) is 0 Å². The highest BCUT2D eigenvalue weighted by Gasteiger charge is 2.10. The SMILES string of the molecule is O=C(COC(=O)Cc1ccc(F)cc1)NCCNC(=O)COC(=O)Cc1ccc(F)cc1. The van der Waals surface area contributed by atoms with Gasteiger partial charge in [-0.2, -0.15) is 0 Å². The highest BCUT2D eigenvalue weighted by molar-refractivity contribution is 5.82. The number of carbonyl (C=O) groups excluding carboxylic acids is 4. The second-order valence-electron chi connectivity index (χ2n) is 6.63. The second kappa shape index (κ2) is 12.8. The molecule has 0 aliphatic heterocycles. The van der Waals surface area contributed by atoms with E-state index in [1.165, 1.54) is 48.5 Å². The van der Waals surface area contributed by atoms with Crippen molar-refractivity contribution < 1.29 is 37.4 Å². The number of hydrogen-bond acceptors (Lipinski definition) is 6. The molecule has 0 fully saturated rings. The molecule has 2 aromatic rings. The molecular formula is C22H22F2N2O6. The Balaban J connectivity index is 1.52. The fourth-order valence-electron chi connectivity index (χ4n) is 2.44. The van der Waals surface area contributed by atoms with Crippen LogP contribution in [0.3, 0.4) is 0 Å². The van der Waals surface area contributed by atoms with Crippen molar-refractivity contribution in [3.05, 3.63) is 71.3 Å². The van der Waals surface area contributed by atoms with Gasteiger partial charge in [-0.25, -0.2) is 8.78 Å². The van der Waals surface area contributed by atoms with Gasteiger partial charge in [0.1, 0.15) is 11.6 Å². The molecule has 0 aromatic heterocycles. The van der Waals surface area contributed by atoms with E-state index in [0.29, 0.717) is 11.1 Å². The summed E-state index contributed by atoms with van der Waals surface area (Å²) < 4.78 is 35.3. The van der Waals surface area contributed by atoms with E-state index >= 15 is 0 Å². The van der Waals surface area contributed by atoms with Gasteiger partial charge in [0.2, 0.25) is 0 Å². The third-order valence-electron chi connectivity index (χ3n) is 4.02. The number of rotatable bonds is 11. The van der Waals surface area contributed by atoms with Gasteiger partial charge in [-0.05, 0) is 35.4 Å². The Bertz CT molecular complexity index is 855. The summed E-state index contributed by atoms with van der Waals surface area (Å²) >= 11 is 0. The third kappa shape index (κ3) is 9.79. The largest absolute Gasteiger partial charge is 0.455 e. The van der Waals surface area contributed by atoms with E-state index in [-0.39, 0.29) is 25.9 Å². The molecule has 170 valence electrons. The lowest BCUT2D eigenvalue weighted by Crippen LogP contribution is -2.38. The maximum atomic E-state index is 12.8. The van der Waals surface area contributed by atoms with Gasteiger partial charge in [0, 0.05) is 13.1 Å². The fourth-order valence-corrected chi connectivity index (χ4v) is 2.44. The van der Waals surface area contributed by atoms with Crippen molar-refractivity contribution in [1.82, 2.24) is 10.6 Å². The first kappa shape index (κ1) is 24.4. The molecule has 0 aliphatic carbocycles. The molecule has 2 rings (SSSR count). The summed E-state index contributed by atoms with van der Waals surface area (Å²) in [6.45, 7) is -0.836. The molecule has 0 aliphatic rings. The molecular weight excluding hydrogens is 426 g/mol. The Labute approximate surface area is 182 Å². The van der Waals surface area contributed by atoms with Gasteiger partial charge in [0.05, 0.1) is 12.8 Å². The average molecular weight is 448 g/mol. The summed E-state index contributed by atoms with van der Waals surface area (Å²) in [6.07, 6.45) is -0.188. The Morgan fingerprint density at radius 1 is 0.625 bits per heavy atom. The van der Waals surface area contributed by atoms with Crippen LogP contribution in [0.4, 0.5) is 8.78 Å². The topological polar surface area (TPSA) is 111 Å². The Kier molecular flexibility index (Phi) is 9.76. The number of ether oxygens (including phenoxy) is 2. The minimum Gasteiger partial charge on any atom is -0.455 e. The van der Waals surface area contributed by atoms with Crippen LogP contribution in [0, 0.1) is 11.6 Å². The molecule has 0 bridgehead atoms. The maximum absolute atomic E-state index is 12.8. The molecule has 2 aromatic carbocycles. The van der Waals surface area contributed by atoms with Gasteiger partial charge in [-0.1, -0.05) is 24.3 Å². The van der Waals surface area contributed by atoms with Crippen molar-refractivity contribution >= 4 is 23.8 Å². The molecule has 0 saturated heterocycles. The van der Waals surface area contributed by atoms with Crippen LogP contribution >= 0.6 is 0 Å². The van der Waals surface area contributed by atoms with Crippen LogP contribution < -0.4 is 10.6 Å². The number of amides is 2. The van der Waals surface area contributed by atoms with Crippen LogP contribution in [-0.2, 0) is 41.5 Å². The highest BCUT2D eigenvalue weighted by Crippen LogP contribution is 2.05. The molecule has 0 atom stereocenters. The zero-order valence-electron chi connectivity index (χ0n) is 17.1. The monoisotopic (exact) mass is 448 g/mol. The fraction of sp³-hybridized carbons (Fsp3) is 0.273. The Hall–Kier alpha value is -3.82. The lowest BCUT2D eigenvalue weighted by Gasteiger charge is -2.09. The van der Waals surface area contributed by atoms with Gasteiger partial charge in [-0.15, -0.1) is 0 Å². The van der Waals surface area contributed by atoms with Crippen molar-refractivity contribution in [3.8, 4) is 0 Å². The van der Waals surface area contributed by atoms with E-state index in [4.69, 9.17) is 9.47 Å². The average Bonchev–Trinajstić information content (AvgIpc) is 2.77. The minimum absolute atomic E-state index is 0.0730. The zero-order valence-corrected chi connectivity index (χ0v) is 17.1. The highest BCUT2D eigenvalue weighted by atomic mass is 19.1. The van der Waals surface area contributed by atoms with Gasteiger partial charge in [0.15, 0.2) is 13.2 Å². The van der Waals surface area contributed by atoms with E-state index in [9.17, 15) is 28.0 Å². The van der Waals surface area contributed by atoms with E-state index in [1.807, 2.05) is 0 Å². The minimum atomic E-state index is -0.637. The van der Waals surface area contributed by atoms with Crippen LogP contribution in [0.1, 0.15) is 11.1 Å². The number of esters is 2. The predicted molar refractivity (Wildman–Crippen MR) is 108 cm³/mol. The van der Waals surface area contributed by atoms with Gasteiger partial charge < -0.3 is 20.1 Å². The molecule has 10 heteroatoms. The summed E-state index contributed by atoms with van der Waals surface area (Å²) in [5.41, 5.74) is 1.11. The molecule has 32 heavy (non-hydrogen) atoms. The first-order chi connectivity index (χ1) is 15.3. The van der Waals surface area contributed by atoms with Crippen molar-refractivity contribution in [3.63, 3.8) is 0 Å². The quantitative estimate of drug-likeness (QED) is 0.393. The summed E-state index contributed by atoms with van der Waals surface area (Å²) in [7, 11) is 0. The summed E-state index contributed by atoms with van der Waals surface area (Å²) in [5.74, 6) is -3.23. The molecule has 2 amide bonds. The van der Waals surface area contributed by atoms with E-state index in [1.54, 1.807) is 0 Å². The van der Waals surface area contributed by atoms with Gasteiger partial charge in [0.25, 0.3) is 11.8 Å². The Morgan fingerprint density at radius 2 is 0.969 bits per heavy atom. The lowest BCUT2D eigenvalue weighted by atomic mass is 10.1. The number of benzene rings is 2. The predicted octanol–water partition coefficient (Wildman–Crippen LogP) is 1.07. The first-order valence-corrected chi connectivity index (χ1v) is 9.65. The lowest BCUT2D eigenvalue weighted by molar-refractivity contribution is -0.148. The van der Waals surface area contributed by atoms with Crippen LogP contribution in [0.15, 0.2) is 48.5 Å². The van der Waals surface area contributed by atoms with Crippen LogP contribution in [0.25, 0.3) is 0 Å². The van der Waals surface area contributed by atoms with Gasteiger partial charge in [-0.3, -0.25) is 19.2 Å². The number of nitrogens with one attached hydrogen (secondary N) is 2. The second-order valence-corrected chi connectivity index (χ2v) is 6.63. The third-order valence-corrected chi connectivity index (χ3v) is 4.02. The molecule has 0 heterocycles. The van der Waals surface area contributed by atoms with Crippen LogP contribution in [0.2, 0.25) is 0 Å². The molecule has 0 saturated carbocycles. The number of hydrogen-bond donors (Lipinski definition) is 2. The molecule has 8 nitrogen and oxygen atoms in total. The molecule has 0 radical (unpaired) electrons. The smallest absolute Gasteiger partial charge is 0.310 e. The van der Waals surface area contributed by atoms with Crippen molar-refractivity contribution in [2.75, 3.05) is 26.3 Å². The number of carbonyl (C=O) groups is 4. The van der Waals surface area contributed by atoms with E-state index < -0.39 is 48.6 Å². The summed E-state index contributed by atoms with van der Waals surface area (Å²) in [4.78, 5) is 46.6. The van der Waals surface area contributed by atoms with Crippen LogP contribution in [-0.4, -0.2) is 50.1 Å². The maximum Gasteiger partial charge on any atom is 0.310 e. The van der Waals surface area contributed by atoms with Gasteiger partial charge >= 0.3 is 11.9 Å². The summed E-state index contributed by atoms with van der Waals surface area (Å²) in [6, 6.07) is 10.6. The number of halogens is 2. The van der Waals surface area contributed by atoms with Crippen molar-refractivity contribution in [2.24, 2.45) is 0 Å². The van der Waals surface area contributed by atoms with E-state index in [2.05, 4.69) is 10.6 Å². The van der Waals surface area contributed by atoms with Crippen molar-refractivity contribution in [1.29, 1.82) is 0 Å². The van der Waals surface area contributed by atoms with Crippen molar-refractivity contribution in [2.45, 2.75) is 12.8 Å². The zero-order chi connectivity index (χ0) is 23.3. The molecule has 0 unspecified atom stereocenters. The first-order valence-electron chi connectivity index (χ1n) is 9.65. The molecule has 0 spiro atoms. The normalized spacial score (nSPS) is 10.2. The standard InChI is InChI=1S/C22H22F2N2O6/c23-17-5-1-15(2-6-17)11-21(29)31-13-19(27)25-9-10-26-20(28)14-32-22(30)12-16-3-7-18(24)8-4-16/h1-8H,9-14H2,(H,25,27)(H,26,28). The Morgan fingerprint density at radius 3 is 1.31 bits per heavy atom. The van der Waals surface area contributed by atoms with E-state index in [0.717, 1.165) is 0 Å².